The van der Waals surface area contributed by atoms with Gasteiger partial charge in [-0.05, 0) is 18.4 Å². The summed E-state index contributed by atoms with van der Waals surface area (Å²) in [6, 6.07) is 9.41. The molecule has 1 aromatic rings. The lowest BCUT2D eigenvalue weighted by atomic mass is 10.0. The van der Waals surface area contributed by atoms with E-state index in [1.54, 1.807) is 19.1 Å². The lowest BCUT2D eigenvalue weighted by Crippen LogP contribution is -2.45. The number of ether oxygens (including phenoxy) is 1. The molecule has 0 spiro atoms. The van der Waals surface area contributed by atoms with E-state index in [0.29, 0.717) is 26.0 Å². The Morgan fingerprint density at radius 2 is 2.10 bits per heavy atom. The van der Waals surface area contributed by atoms with Crippen molar-refractivity contribution in [1.29, 1.82) is 0 Å². The topological polar surface area (TPSA) is 58.6 Å². The summed E-state index contributed by atoms with van der Waals surface area (Å²) < 4.78 is 4.95. The van der Waals surface area contributed by atoms with E-state index in [9.17, 15) is 9.59 Å². The third kappa shape index (κ3) is 5.40. The zero-order valence-electron chi connectivity index (χ0n) is 12.0. The quantitative estimate of drug-likeness (QED) is 0.681. The average molecular weight is 278 g/mol. The maximum atomic E-state index is 12.2. The highest BCUT2D eigenvalue weighted by molar-refractivity contribution is 5.83. The summed E-state index contributed by atoms with van der Waals surface area (Å²) in [6.45, 7) is 0.993. The van der Waals surface area contributed by atoms with Gasteiger partial charge in [-0.2, -0.15) is 0 Å². The van der Waals surface area contributed by atoms with Crippen LogP contribution in [0.4, 0.5) is 0 Å². The minimum atomic E-state index is -0.491. The van der Waals surface area contributed by atoms with Crippen molar-refractivity contribution in [3.63, 3.8) is 0 Å². The first-order chi connectivity index (χ1) is 9.69. The Morgan fingerprint density at radius 3 is 2.70 bits per heavy atom. The Morgan fingerprint density at radius 1 is 1.40 bits per heavy atom. The molecule has 0 saturated heterocycles. The summed E-state index contributed by atoms with van der Waals surface area (Å²) in [5.41, 5.74) is 1.15. The predicted molar refractivity (Wildman–Crippen MR) is 77.3 cm³/mol. The van der Waals surface area contributed by atoms with Crippen molar-refractivity contribution < 1.29 is 14.3 Å². The number of hydrogen-bond acceptors (Lipinski definition) is 3. The molecule has 0 aromatic heterocycles. The fraction of sp³-hybridized carbons (Fsp3) is 0.467. The van der Waals surface area contributed by atoms with Gasteiger partial charge in [-0.25, -0.2) is 0 Å². The van der Waals surface area contributed by atoms with Crippen molar-refractivity contribution in [2.75, 3.05) is 27.3 Å². The van der Waals surface area contributed by atoms with E-state index in [4.69, 9.17) is 4.74 Å². The molecule has 20 heavy (non-hydrogen) atoms. The highest BCUT2D eigenvalue weighted by Crippen LogP contribution is 2.06. The van der Waals surface area contributed by atoms with Crippen LogP contribution in [-0.4, -0.2) is 50.6 Å². The molecule has 0 aliphatic carbocycles. The fourth-order valence-electron chi connectivity index (χ4n) is 1.92. The zero-order valence-corrected chi connectivity index (χ0v) is 12.0. The van der Waals surface area contributed by atoms with E-state index in [0.717, 1.165) is 12.0 Å². The number of likely N-dealkylation sites (N-methyl/N-ethyl adjacent to an activating group) is 1. The number of nitrogens with zero attached hydrogens (tertiary/aromatic N) is 1. The summed E-state index contributed by atoms with van der Waals surface area (Å²) in [6.07, 6.45) is 1.91. The number of rotatable bonds is 9. The van der Waals surface area contributed by atoms with Gasteiger partial charge in [0.2, 0.25) is 12.3 Å². The van der Waals surface area contributed by atoms with Crippen LogP contribution in [0, 0.1) is 0 Å². The van der Waals surface area contributed by atoms with Gasteiger partial charge in [0, 0.05) is 20.7 Å². The summed E-state index contributed by atoms with van der Waals surface area (Å²) in [7, 11) is 3.30. The number of methoxy groups -OCH3 is 1. The summed E-state index contributed by atoms with van der Waals surface area (Å²) in [5, 5.41) is 2.60. The number of carbonyl (C=O) groups excluding carboxylic acids is 2. The number of amides is 2. The van der Waals surface area contributed by atoms with Gasteiger partial charge in [0.05, 0.1) is 6.61 Å². The minimum absolute atomic E-state index is 0.0925. The largest absolute Gasteiger partial charge is 0.383 e. The SMILES string of the molecule is COCCN(C)C(=O)C(CCc1ccccc1)NC=O. The van der Waals surface area contributed by atoms with E-state index >= 15 is 0 Å². The van der Waals surface area contributed by atoms with Crippen LogP contribution < -0.4 is 5.32 Å². The molecule has 0 radical (unpaired) electrons. The molecular formula is C15H22N2O3. The first-order valence-corrected chi connectivity index (χ1v) is 6.66. The van der Waals surface area contributed by atoms with Gasteiger partial charge < -0.3 is 15.0 Å². The molecule has 5 heteroatoms. The van der Waals surface area contributed by atoms with Crippen LogP contribution in [0.3, 0.4) is 0 Å². The van der Waals surface area contributed by atoms with E-state index in [1.165, 1.54) is 0 Å². The van der Waals surface area contributed by atoms with E-state index in [2.05, 4.69) is 5.32 Å². The lowest BCUT2D eigenvalue weighted by molar-refractivity contribution is -0.134. The lowest BCUT2D eigenvalue weighted by Gasteiger charge is -2.23. The molecule has 0 fully saturated rings. The molecule has 1 unspecified atom stereocenters. The standard InChI is InChI=1S/C15H22N2O3/c1-17(10-11-20-2)15(19)14(16-12-18)9-8-13-6-4-3-5-7-13/h3-7,12,14H,8-11H2,1-2H3,(H,16,18). The van der Waals surface area contributed by atoms with Gasteiger partial charge in [0.25, 0.3) is 0 Å². The van der Waals surface area contributed by atoms with Crippen LogP contribution in [0.25, 0.3) is 0 Å². The number of benzene rings is 1. The molecule has 0 heterocycles. The van der Waals surface area contributed by atoms with Gasteiger partial charge in [-0.15, -0.1) is 0 Å². The molecule has 110 valence electrons. The van der Waals surface area contributed by atoms with Gasteiger partial charge in [0.1, 0.15) is 6.04 Å². The van der Waals surface area contributed by atoms with Crippen molar-refractivity contribution in [2.45, 2.75) is 18.9 Å². The molecule has 5 nitrogen and oxygen atoms in total. The normalized spacial score (nSPS) is 11.7. The Hall–Kier alpha value is -1.88. The Bertz CT molecular complexity index is 409. The molecule has 0 aliphatic rings. The number of nitrogens with one attached hydrogen (secondary N) is 1. The van der Waals surface area contributed by atoms with Crippen LogP contribution >= 0.6 is 0 Å². The third-order valence-electron chi connectivity index (χ3n) is 3.14. The van der Waals surface area contributed by atoms with Crippen molar-refractivity contribution >= 4 is 12.3 Å². The Balaban J connectivity index is 2.54. The molecular weight excluding hydrogens is 256 g/mol. The first-order valence-electron chi connectivity index (χ1n) is 6.66. The average Bonchev–Trinajstić information content (AvgIpc) is 2.49. The van der Waals surface area contributed by atoms with Crippen LogP contribution in [-0.2, 0) is 20.7 Å². The van der Waals surface area contributed by atoms with Crippen LogP contribution in [0.15, 0.2) is 30.3 Å². The van der Waals surface area contributed by atoms with Crippen molar-refractivity contribution in [3.8, 4) is 0 Å². The summed E-state index contributed by atoms with van der Waals surface area (Å²) >= 11 is 0. The highest BCUT2D eigenvalue weighted by atomic mass is 16.5. The fourth-order valence-corrected chi connectivity index (χ4v) is 1.92. The van der Waals surface area contributed by atoms with E-state index < -0.39 is 6.04 Å². The molecule has 0 saturated carbocycles. The molecule has 0 bridgehead atoms. The zero-order chi connectivity index (χ0) is 14.8. The Kier molecular flexibility index (Phi) is 7.35. The highest BCUT2D eigenvalue weighted by Gasteiger charge is 2.20. The van der Waals surface area contributed by atoms with Crippen LogP contribution in [0.5, 0.6) is 0 Å². The van der Waals surface area contributed by atoms with E-state index in [1.807, 2.05) is 30.3 Å². The maximum Gasteiger partial charge on any atom is 0.244 e. The number of hydrogen-bond donors (Lipinski definition) is 1. The van der Waals surface area contributed by atoms with Gasteiger partial charge >= 0.3 is 0 Å². The Labute approximate surface area is 119 Å². The smallest absolute Gasteiger partial charge is 0.244 e. The molecule has 1 atom stereocenters. The van der Waals surface area contributed by atoms with Gasteiger partial charge in [-0.1, -0.05) is 30.3 Å². The first kappa shape index (κ1) is 16.2. The summed E-state index contributed by atoms with van der Waals surface area (Å²) in [4.78, 5) is 24.4. The van der Waals surface area contributed by atoms with E-state index in [-0.39, 0.29) is 5.91 Å². The predicted octanol–water partition coefficient (Wildman–Crippen LogP) is 0.839. The number of aryl methyl sites for hydroxylation is 1. The molecule has 1 N–H and O–H groups in total. The third-order valence-corrected chi connectivity index (χ3v) is 3.14. The second-order valence-corrected chi connectivity index (χ2v) is 4.61. The van der Waals surface area contributed by atoms with Crippen molar-refractivity contribution in [3.05, 3.63) is 35.9 Å². The monoisotopic (exact) mass is 278 g/mol. The van der Waals surface area contributed by atoms with Gasteiger partial charge in [-0.3, -0.25) is 9.59 Å². The summed E-state index contributed by atoms with van der Waals surface area (Å²) in [5.74, 6) is -0.0925. The van der Waals surface area contributed by atoms with Crippen molar-refractivity contribution in [2.24, 2.45) is 0 Å². The minimum Gasteiger partial charge on any atom is -0.383 e. The molecule has 1 aromatic carbocycles. The molecule has 0 aliphatic heterocycles. The number of carbonyl (C=O) groups is 2. The molecule has 2 amide bonds. The molecule has 1 rings (SSSR count). The van der Waals surface area contributed by atoms with Crippen LogP contribution in [0.1, 0.15) is 12.0 Å². The van der Waals surface area contributed by atoms with Crippen molar-refractivity contribution in [1.82, 2.24) is 10.2 Å². The second-order valence-electron chi connectivity index (χ2n) is 4.61. The maximum absolute atomic E-state index is 12.2. The second kappa shape index (κ2) is 9.09. The van der Waals surface area contributed by atoms with Gasteiger partial charge in [0.15, 0.2) is 0 Å². The van der Waals surface area contributed by atoms with Crippen LogP contribution in [0.2, 0.25) is 0 Å².